The molecule has 0 bridgehead atoms. The summed E-state index contributed by atoms with van der Waals surface area (Å²) < 4.78 is 35.1. The summed E-state index contributed by atoms with van der Waals surface area (Å²) in [4.78, 5) is 4.54. The van der Waals surface area contributed by atoms with E-state index in [1.807, 2.05) is 30.3 Å². The minimum Gasteiger partial charge on any atom is -0.497 e. The molecular weight excluding hydrogens is 929 g/mol. The van der Waals surface area contributed by atoms with Gasteiger partial charge in [0.25, 0.3) is 0 Å². The van der Waals surface area contributed by atoms with Gasteiger partial charge in [0.2, 0.25) is 0 Å². The van der Waals surface area contributed by atoms with Crippen LogP contribution in [0.1, 0.15) is 76.8 Å². The monoisotopic (exact) mass is 1000 g/mol. The average Bonchev–Trinajstić information content (AvgIpc) is 3.47. The van der Waals surface area contributed by atoms with Crippen LogP contribution in [-0.2, 0) is 14.9 Å². The molecule has 0 fully saturated rings. The predicted octanol–water partition coefficient (Wildman–Crippen LogP) is 17.2. The van der Waals surface area contributed by atoms with Crippen LogP contribution in [0, 0.1) is 0 Å². The van der Waals surface area contributed by atoms with Gasteiger partial charge in [0, 0.05) is 53.8 Å². The number of hydrogen-bond donors (Lipinski definition) is 0. The molecule has 0 aliphatic carbocycles. The fourth-order valence-electron chi connectivity index (χ4n) is 9.37. The van der Waals surface area contributed by atoms with E-state index >= 15 is 0 Å². The first kappa shape index (κ1) is 53.8. The maximum absolute atomic E-state index is 6.24. The van der Waals surface area contributed by atoms with Crippen LogP contribution in [0.25, 0.3) is 11.1 Å². The first-order chi connectivity index (χ1) is 36.8. The fraction of sp³-hybridized carbons (Fsp3) is 0.284. The Morgan fingerprint density at radius 2 is 0.733 bits per heavy atom. The van der Waals surface area contributed by atoms with Crippen LogP contribution in [-0.4, -0.2) is 53.4 Å². The highest BCUT2D eigenvalue weighted by atomic mass is 16.5. The van der Waals surface area contributed by atoms with Gasteiger partial charge in [-0.05, 0) is 163 Å². The van der Waals surface area contributed by atoms with Crippen LogP contribution >= 0.6 is 0 Å². The molecule has 75 heavy (non-hydrogen) atoms. The van der Waals surface area contributed by atoms with Crippen LogP contribution in [0.2, 0.25) is 0 Å². The van der Waals surface area contributed by atoms with E-state index in [1.165, 1.54) is 11.1 Å². The van der Waals surface area contributed by atoms with Crippen LogP contribution in [0.4, 0.5) is 34.1 Å². The number of hydrogen-bond acceptors (Lipinski definition) is 8. The fourth-order valence-corrected chi connectivity index (χ4v) is 9.37. The van der Waals surface area contributed by atoms with Crippen molar-refractivity contribution in [1.82, 2.24) is 0 Å². The summed E-state index contributed by atoms with van der Waals surface area (Å²) in [5, 5.41) is 0. The van der Waals surface area contributed by atoms with E-state index in [1.54, 1.807) is 21.3 Å². The smallest absolute Gasteiger partial charge is 0.119 e. The van der Waals surface area contributed by atoms with Crippen molar-refractivity contribution in [2.24, 2.45) is 0 Å². The summed E-state index contributed by atoms with van der Waals surface area (Å²) in [6.07, 6.45) is 7.58. The third-order valence-electron chi connectivity index (χ3n) is 14.1. The van der Waals surface area contributed by atoms with Gasteiger partial charge in [-0.2, -0.15) is 0 Å². The second-order valence-corrected chi connectivity index (χ2v) is 19.5. The molecule has 388 valence electrons. The largest absolute Gasteiger partial charge is 0.497 e. The van der Waals surface area contributed by atoms with Crippen molar-refractivity contribution in [3.63, 3.8) is 0 Å². The minimum atomic E-state index is -0.172. The number of unbranched alkanes of at least 4 members (excludes halogenated alkanes) is 4. The second-order valence-electron chi connectivity index (χ2n) is 19.5. The molecule has 0 saturated carbocycles. The van der Waals surface area contributed by atoms with E-state index in [2.05, 4.69) is 206 Å². The average molecular weight is 1000 g/mol. The quantitative estimate of drug-likeness (QED) is 0.0450. The van der Waals surface area contributed by atoms with Crippen molar-refractivity contribution in [3.05, 3.63) is 217 Å². The third-order valence-corrected chi connectivity index (χ3v) is 14.1. The molecule has 0 radical (unpaired) electrons. The molecule has 8 aromatic rings. The van der Waals surface area contributed by atoms with Gasteiger partial charge < -0.3 is 38.2 Å². The van der Waals surface area contributed by atoms with Gasteiger partial charge in [0.05, 0.1) is 25.9 Å². The van der Waals surface area contributed by atoms with Gasteiger partial charge in [-0.15, -0.1) is 0 Å². The maximum Gasteiger partial charge on any atom is 0.119 e. The van der Waals surface area contributed by atoms with Crippen molar-refractivity contribution in [2.45, 2.75) is 83.3 Å². The Bertz CT molecular complexity index is 2870. The number of anilines is 6. The number of benzene rings is 8. The standard InChI is InChI=1S/C67H74N2O6/c1-7-61(70-4)49-74-64-40-28-53(29-41-64)67(2,3)54-30-42-65(43-31-54)75-50-66(72-6)23-17-9-8-10-18-48-73-63-46-38-60(39-47-63)69(56-21-15-12-16-22-56)58-34-26-52(27-35-58)51-24-32-57(33-25-51)68(55-19-13-11-14-20-55)59-36-44-62(71-5)45-37-59/h11-16,19-22,24-47,61,66H,7-10,17-18,23,48-50H2,1-6H3. The van der Waals surface area contributed by atoms with Gasteiger partial charge in [0.1, 0.15) is 36.2 Å². The van der Waals surface area contributed by atoms with Gasteiger partial charge >= 0.3 is 0 Å². The Balaban J connectivity index is 0.770. The molecule has 8 rings (SSSR count). The zero-order valence-electron chi connectivity index (χ0n) is 44.7. The summed E-state index contributed by atoms with van der Waals surface area (Å²) in [6, 6.07) is 72.0. The molecule has 0 saturated heterocycles. The van der Waals surface area contributed by atoms with Crippen LogP contribution < -0.4 is 28.7 Å². The molecule has 8 heteroatoms. The second kappa shape index (κ2) is 27.1. The summed E-state index contributed by atoms with van der Waals surface area (Å²) in [5.74, 6) is 3.42. The van der Waals surface area contributed by atoms with Gasteiger partial charge in [-0.25, -0.2) is 0 Å². The van der Waals surface area contributed by atoms with E-state index < -0.39 is 0 Å². The summed E-state index contributed by atoms with van der Waals surface area (Å²) >= 11 is 0. The highest BCUT2D eigenvalue weighted by Gasteiger charge is 2.24. The summed E-state index contributed by atoms with van der Waals surface area (Å²) in [5.41, 5.74) is 11.0. The normalized spacial score (nSPS) is 12.1. The van der Waals surface area contributed by atoms with E-state index in [0.717, 1.165) is 113 Å². The Morgan fingerprint density at radius 3 is 1.16 bits per heavy atom. The maximum atomic E-state index is 6.24. The van der Waals surface area contributed by atoms with Crippen LogP contribution in [0.3, 0.4) is 0 Å². The highest BCUT2D eigenvalue weighted by Crippen LogP contribution is 2.39. The molecule has 0 heterocycles. The summed E-state index contributed by atoms with van der Waals surface area (Å²) in [7, 11) is 5.20. The first-order valence-electron chi connectivity index (χ1n) is 26.6. The lowest BCUT2D eigenvalue weighted by Crippen LogP contribution is -2.21. The van der Waals surface area contributed by atoms with Crippen molar-refractivity contribution < 1.29 is 28.4 Å². The van der Waals surface area contributed by atoms with E-state index in [0.29, 0.717) is 19.8 Å². The highest BCUT2D eigenvalue weighted by molar-refractivity contribution is 5.81. The van der Waals surface area contributed by atoms with Crippen molar-refractivity contribution in [3.8, 4) is 34.1 Å². The summed E-state index contributed by atoms with van der Waals surface area (Å²) in [6.45, 7) is 8.37. The lowest BCUT2D eigenvalue weighted by molar-refractivity contribution is 0.0501. The van der Waals surface area contributed by atoms with Gasteiger partial charge in [-0.1, -0.05) is 131 Å². The minimum absolute atomic E-state index is 0.0510. The zero-order chi connectivity index (χ0) is 52.2. The predicted molar refractivity (Wildman–Crippen MR) is 309 cm³/mol. The zero-order valence-corrected chi connectivity index (χ0v) is 44.7. The van der Waals surface area contributed by atoms with Crippen molar-refractivity contribution in [2.75, 3.05) is 50.9 Å². The number of rotatable bonds is 28. The SMILES string of the molecule is CCC(COc1ccc(C(C)(C)c2ccc(OCC(CCCCCCCOc3ccc(N(c4ccccc4)c4ccc(-c5ccc(N(c6ccccc6)c6ccc(OC)cc6)cc5)cc4)cc3)OC)cc2)cc1)OC. The molecule has 0 aliphatic rings. The van der Waals surface area contributed by atoms with E-state index in [9.17, 15) is 0 Å². The number of para-hydroxylation sites is 2. The molecule has 2 unspecified atom stereocenters. The molecule has 2 atom stereocenters. The lowest BCUT2D eigenvalue weighted by Gasteiger charge is -2.27. The van der Waals surface area contributed by atoms with Crippen molar-refractivity contribution >= 4 is 34.1 Å². The van der Waals surface area contributed by atoms with Crippen LogP contribution in [0.15, 0.2) is 206 Å². The van der Waals surface area contributed by atoms with Gasteiger partial charge in [-0.3, -0.25) is 0 Å². The molecule has 0 aromatic heterocycles. The van der Waals surface area contributed by atoms with E-state index in [4.69, 9.17) is 28.4 Å². The third kappa shape index (κ3) is 14.6. The topological polar surface area (TPSA) is 61.9 Å². The van der Waals surface area contributed by atoms with Crippen LogP contribution in [0.5, 0.6) is 23.0 Å². The number of methoxy groups -OCH3 is 3. The lowest BCUT2D eigenvalue weighted by atomic mass is 9.78. The number of ether oxygens (including phenoxy) is 6. The van der Waals surface area contributed by atoms with Gasteiger partial charge in [0.15, 0.2) is 0 Å². The van der Waals surface area contributed by atoms with E-state index in [-0.39, 0.29) is 17.6 Å². The molecule has 8 aromatic carbocycles. The molecule has 0 N–H and O–H groups in total. The molecule has 8 nitrogen and oxygen atoms in total. The van der Waals surface area contributed by atoms with Crippen molar-refractivity contribution in [1.29, 1.82) is 0 Å². The molecule has 0 aliphatic heterocycles. The molecular formula is C67H74N2O6. The first-order valence-corrected chi connectivity index (χ1v) is 26.6. The number of nitrogens with zero attached hydrogens (tertiary/aromatic N) is 2. The Kier molecular flexibility index (Phi) is 19.5. The molecule has 0 amide bonds. The Morgan fingerprint density at radius 1 is 0.373 bits per heavy atom. The Hall–Kier alpha value is -7.52. The molecule has 0 spiro atoms. The Labute approximate surface area is 446 Å².